The van der Waals surface area contributed by atoms with E-state index < -0.39 is 0 Å². The van der Waals surface area contributed by atoms with E-state index in [4.69, 9.17) is 4.74 Å². The second-order valence-electron chi connectivity index (χ2n) is 3.22. The average molecular weight is 171 g/mol. The van der Waals surface area contributed by atoms with Crippen LogP contribution in [0.4, 0.5) is 0 Å². The van der Waals surface area contributed by atoms with Gasteiger partial charge in [-0.1, -0.05) is 6.92 Å². The van der Waals surface area contributed by atoms with Crippen LogP contribution in [0.5, 0.6) is 0 Å². The molecular formula is C9H17NO2. The molecule has 1 aliphatic rings. The van der Waals surface area contributed by atoms with Gasteiger partial charge in [-0.05, 0) is 20.3 Å². The lowest BCUT2D eigenvalue weighted by Crippen LogP contribution is -2.21. The van der Waals surface area contributed by atoms with Crippen LogP contribution in [0, 0.1) is 0 Å². The minimum absolute atomic E-state index is 0.0555. The van der Waals surface area contributed by atoms with Crippen molar-refractivity contribution >= 4 is 5.97 Å². The molecule has 1 aliphatic heterocycles. The van der Waals surface area contributed by atoms with Gasteiger partial charge in [-0.15, -0.1) is 0 Å². The molecule has 3 atom stereocenters. The van der Waals surface area contributed by atoms with Gasteiger partial charge in [0.2, 0.25) is 0 Å². The first-order valence-corrected chi connectivity index (χ1v) is 4.63. The lowest BCUT2D eigenvalue weighted by atomic mass is 10.3. The summed E-state index contributed by atoms with van der Waals surface area (Å²) in [5.74, 6) is -0.0576. The number of rotatable bonds is 4. The summed E-state index contributed by atoms with van der Waals surface area (Å²) in [5.41, 5.74) is 0. The van der Waals surface area contributed by atoms with Crippen LogP contribution >= 0.6 is 0 Å². The topological polar surface area (TPSA) is 29.3 Å². The Morgan fingerprint density at radius 1 is 1.67 bits per heavy atom. The summed E-state index contributed by atoms with van der Waals surface area (Å²) in [6, 6.07) is 0.569. The maximum Gasteiger partial charge on any atom is 0.324 e. The maximum atomic E-state index is 11.2. The first-order chi connectivity index (χ1) is 5.70. The number of ether oxygens (including phenoxy) is 1. The van der Waals surface area contributed by atoms with Crippen molar-refractivity contribution in [3.8, 4) is 0 Å². The number of hydrogen-bond acceptors (Lipinski definition) is 3. The Labute approximate surface area is 73.7 Å². The lowest BCUT2D eigenvalue weighted by Gasteiger charge is -2.09. The Bertz CT molecular complexity index is 170. The van der Waals surface area contributed by atoms with Gasteiger partial charge in [0.25, 0.3) is 0 Å². The highest BCUT2D eigenvalue weighted by molar-refractivity contribution is 5.79. The minimum atomic E-state index is -0.0576. The molecule has 0 aromatic carbocycles. The molecule has 0 aromatic heterocycles. The smallest absolute Gasteiger partial charge is 0.324 e. The van der Waals surface area contributed by atoms with Crippen LogP contribution in [0.1, 0.15) is 27.2 Å². The molecule has 1 fully saturated rings. The number of nitrogens with zero attached hydrogens (tertiary/aromatic N) is 1. The van der Waals surface area contributed by atoms with Gasteiger partial charge in [0.1, 0.15) is 6.04 Å². The SMILES string of the molecule is CCOC(=O)C1CN1C(C)CC. The fourth-order valence-electron chi connectivity index (χ4n) is 1.32. The van der Waals surface area contributed by atoms with Crippen molar-refractivity contribution in [2.45, 2.75) is 39.3 Å². The summed E-state index contributed by atoms with van der Waals surface area (Å²) in [4.78, 5) is 13.3. The highest BCUT2D eigenvalue weighted by Gasteiger charge is 2.43. The minimum Gasteiger partial charge on any atom is -0.465 e. The van der Waals surface area contributed by atoms with Gasteiger partial charge in [0.15, 0.2) is 0 Å². The Hall–Kier alpha value is -0.570. The third-order valence-corrected chi connectivity index (χ3v) is 2.37. The van der Waals surface area contributed by atoms with Crippen LogP contribution in [-0.4, -0.2) is 36.1 Å². The molecule has 0 N–H and O–H groups in total. The molecule has 0 aliphatic carbocycles. The van der Waals surface area contributed by atoms with Crippen molar-refractivity contribution in [1.82, 2.24) is 4.90 Å². The van der Waals surface area contributed by atoms with Crippen molar-refractivity contribution < 1.29 is 9.53 Å². The van der Waals surface area contributed by atoms with Crippen molar-refractivity contribution in [2.75, 3.05) is 13.2 Å². The van der Waals surface area contributed by atoms with Gasteiger partial charge >= 0.3 is 5.97 Å². The lowest BCUT2D eigenvalue weighted by molar-refractivity contribution is -0.143. The molecule has 1 heterocycles. The van der Waals surface area contributed by atoms with E-state index in [2.05, 4.69) is 18.7 Å². The summed E-state index contributed by atoms with van der Waals surface area (Å²) >= 11 is 0. The number of carbonyl (C=O) groups excluding carboxylic acids is 1. The van der Waals surface area contributed by atoms with Gasteiger partial charge < -0.3 is 4.74 Å². The van der Waals surface area contributed by atoms with Crippen molar-refractivity contribution in [3.05, 3.63) is 0 Å². The zero-order valence-corrected chi connectivity index (χ0v) is 8.04. The van der Waals surface area contributed by atoms with E-state index in [0.717, 1.165) is 13.0 Å². The zero-order chi connectivity index (χ0) is 9.14. The Morgan fingerprint density at radius 3 is 2.83 bits per heavy atom. The summed E-state index contributed by atoms with van der Waals surface area (Å²) in [6.07, 6.45) is 1.09. The van der Waals surface area contributed by atoms with E-state index in [-0.39, 0.29) is 12.0 Å². The van der Waals surface area contributed by atoms with Crippen LogP contribution in [0.2, 0.25) is 0 Å². The van der Waals surface area contributed by atoms with Crippen molar-refractivity contribution in [3.63, 3.8) is 0 Å². The third kappa shape index (κ3) is 1.97. The molecular weight excluding hydrogens is 154 g/mol. The van der Waals surface area contributed by atoms with Gasteiger partial charge in [-0.25, -0.2) is 0 Å². The van der Waals surface area contributed by atoms with Crippen LogP contribution in [0.25, 0.3) is 0 Å². The van der Waals surface area contributed by atoms with Crippen LogP contribution in [-0.2, 0) is 9.53 Å². The molecule has 0 aromatic rings. The first-order valence-electron chi connectivity index (χ1n) is 4.63. The summed E-state index contributed by atoms with van der Waals surface area (Å²) in [6.45, 7) is 7.48. The second kappa shape index (κ2) is 3.90. The highest BCUT2D eigenvalue weighted by Crippen LogP contribution is 2.23. The molecule has 1 rings (SSSR count). The average Bonchev–Trinajstić information content (AvgIpc) is 2.82. The summed E-state index contributed by atoms with van der Waals surface area (Å²) < 4.78 is 4.91. The predicted molar refractivity (Wildman–Crippen MR) is 46.9 cm³/mol. The standard InChI is InChI=1S/C9H17NO2/c1-4-7(3)10-6-8(10)9(11)12-5-2/h7-8H,4-6H2,1-3H3. The fraction of sp³-hybridized carbons (Fsp3) is 0.889. The monoisotopic (exact) mass is 171 g/mol. The van der Waals surface area contributed by atoms with E-state index >= 15 is 0 Å². The third-order valence-electron chi connectivity index (χ3n) is 2.37. The van der Waals surface area contributed by atoms with E-state index in [0.29, 0.717) is 12.6 Å². The molecule has 1 saturated heterocycles. The van der Waals surface area contributed by atoms with E-state index in [9.17, 15) is 4.79 Å². The molecule has 3 heteroatoms. The fourth-order valence-corrected chi connectivity index (χ4v) is 1.32. The van der Waals surface area contributed by atoms with E-state index in [1.165, 1.54) is 0 Å². The molecule has 0 amide bonds. The molecule has 70 valence electrons. The zero-order valence-electron chi connectivity index (χ0n) is 8.04. The number of hydrogen-bond donors (Lipinski definition) is 0. The number of carbonyl (C=O) groups is 1. The number of esters is 1. The van der Waals surface area contributed by atoms with Crippen molar-refractivity contribution in [2.24, 2.45) is 0 Å². The highest BCUT2D eigenvalue weighted by atomic mass is 16.5. The Morgan fingerprint density at radius 2 is 2.33 bits per heavy atom. The molecule has 12 heavy (non-hydrogen) atoms. The van der Waals surface area contributed by atoms with Gasteiger partial charge in [0.05, 0.1) is 6.61 Å². The maximum absolute atomic E-state index is 11.2. The Balaban J connectivity index is 2.27. The quantitative estimate of drug-likeness (QED) is 0.467. The molecule has 0 saturated carbocycles. The van der Waals surface area contributed by atoms with Gasteiger partial charge in [-0.2, -0.15) is 0 Å². The van der Waals surface area contributed by atoms with Crippen LogP contribution < -0.4 is 0 Å². The molecule has 0 radical (unpaired) electrons. The van der Waals surface area contributed by atoms with Gasteiger partial charge in [0, 0.05) is 12.6 Å². The Kier molecular flexibility index (Phi) is 3.09. The second-order valence-corrected chi connectivity index (χ2v) is 3.22. The van der Waals surface area contributed by atoms with Crippen LogP contribution in [0.15, 0.2) is 0 Å². The molecule has 3 nitrogen and oxygen atoms in total. The van der Waals surface area contributed by atoms with Crippen LogP contribution in [0.3, 0.4) is 0 Å². The molecule has 0 spiro atoms. The van der Waals surface area contributed by atoms with E-state index in [1.807, 2.05) is 6.92 Å². The van der Waals surface area contributed by atoms with Gasteiger partial charge in [-0.3, -0.25) is 9.69 Å². The largest absolute Gasteiger partial charge is 0.465 e. The van der Waals surface area contributed by atoms with Crippen molar-refractivity contribution in [1.29, 1.82) is 0 Å². The predicted octanol–water partition coefficient (Wildman–Crippen LogP) is 1.03. The summed E-state index contributed by atoms with van der Waals surface area (Å²) in [7, 11) is 0. The molecule has 0 bridgehead atoms. The first kappa shape index (κ1) is 9.52. The van der Waals surface area contributed by atoms with E-state index in [1.54, 1.807) is 0 Å². The molecule has 3 unspecified atom stereocenters. The summed E-state index contributed by atoms with van der Waals surface area (Å²) in [5, 5.41) is 0. The normalized spacial score (nSPS) is 29.6.